The van der Waals surface area contributed by atoms with Crippen LogP contribution in [-0.2, 0) is 0 Å². The first kappa shape index (κ1) is 18.5. The molecule has 1 unspecified atom stereocenters. The average Bonchev–Trinajstić information content (AvgIpc) is 3.10. The normalized spacial score (nSPS) is 16.5. The molecule has 0 fully saturated rings. The van der Waals surface area contributed by atoms with Crippen molar-refractivity contribution in [3.05, 3.63) is 98.2 Å². The van der Waals surface area contributed by atoms with Crippen molar-refractivity contribution < 1.29 is 4.39 Å². The van der Waals surface area contributed by atoms with Gasteiger partial charge >= 0.3 is 0 Å². The molecule has 4 rings (SSSR count). The van der Waals surface area contributed by atoms with Crippen molar-refractivity contribution in [3.8, 4) is 0 Å². The highest BCUT2D eigenvalue weighted by atomic mass is 79.9. The highest BCUT2D eigenvalue weighted by Gasteiger charge is 2.30. The second-order valence-electron chi connectivity index (χ2n) is 6.27. The average molecular weight is 464 g/mol. The predicted octanol–water partition coefficient (Wildman–Crippen LogP) is 7.25. The van der Waals surface area contributed by atoms with Crippen LogP contribution in [0.5, 0.6) is 0 Å². The van der Waals surface area contributed by atoms with E-state index in [2.05, 4.69) is 15.9 Å². The molecular weight excluding hydrogens is 450 g/mol. The van der Waals surface area contributed by atoms with Crippen molar-refractivity contribution in [3.63, 3.8) is 0 Å². The molecule has 27 heavy (non-hydrogen) atoms. The lowest BCUT2D eigenvalue weighted by Crippen LogP contribution is -2.18. The zero-order valence-corrected chi connectivity index (χ0v) is 17.1. The Hall–Kier alpha value is -1.88. The minimum atomic E-state index is -0.258. The van der Waals surface area contributed by atoms with Crippen LogP contribution in [0.3, 0.4) is 0 Å². The summed E-state index contributed by atoms with van der Waals surface area (Å²) in [5.41, 5.74) is 3.83. The minimum Gasteiger partial charge on any atom is -0.257 e. The van der Waals surface area contributed by atoms with Crippen LogP contribution < -0.4 is 5.01 Å². The van der Waals surface area contributed by atoms with Crippen molar-refractivity contribution in [2.45, 2.75) is 12.5 Å². The van der Waals surface area contributed by atoms with Crippen LogP contribution in [0.25, 0.3) is 0 Å². The van der Waals surface area contributed by atoms with E-state index in [1.807, 2.05) is 35.3 Å². The Morgan fingerprint density at radius 2 is 1.63 bits per heavy atom. The van der Waals surface area contributed by atoms with E-state index >= 15 is 0 Å². The van der Waals surface area contributed by atoms with Gasteiger partial charge in [-0.2, -0.15) is 5.10 Å². The smallest absolute Gasteiger partial charge is 0.123 e. The standard InChI is InChI=1S/C21H14BrCl2FN2/c22-15-5-1-13(2-6-15)20-12-21(14-3-7-16(25)8-4-14)27(26-20)17-9-10-18(23)19(24)11-17/h1-11,21H,12H2. The third-order valence-electron chi connectivity index (χ3n) is 4.51. The fourth-order valence-corrected chi connectivity index (χ4v) is 3.69. The molecule has 0 N–H and O–H groups in total. The Bertz CT molecular complexity index is 1000. The summed E-state index contributed by atoms with van der Waals surface area (Å²) in [6.07, 6.45) is 0.702. The maximum absolute atomic E-state index is 13.4. The predicted molar refractivity (Wildman–Crippen MR) is 113 cm³/mol. The van der Waals surface area contributed by atoms with Gasteiger partial charge in [-0.15, -0.1) is 0 Å². The molecule has 0 aromatic heterocycles. The number of halogens is 4. The minimum absolute atomic E-state index is 0.0542. The van der Waals surface area contributed by atoms with E-state index in [-0.39, 0.29) is 11.9 Å². The SMILES string of the molecule is Fc1ccc(C2CC(c3ccc(Br)cc3)=NN2c2ccc(Cl)c(Cl)c2)cc1. The fraction of sp³-hybridized carbons (Fsp3) is 0.0952. The highest BCUT2D eigenvalue weighted by Crippen LogP contribution is 2.38. The van der Waals surface area contributed by atoms with Gasteiger partial charge in [0.1, 0.15) is 5.82 Å². The molecular formula is C21H14BrCl2FN2. The summed E-state index contributed by atoms with van der Waals surface area (Å²) >= 11 is 15.7. The van der Waals surface area contributed by atoms with E-state index in [9.17, 15) is 4.39 Å². The Labute approximate surface area is 175 Å². The first-order valence-electron chi connectivity index (χ1n) is 8.34. The van der Waals surface area contributed by atoms with E-state index in [0.717, 1.165) is 27.0 Å². The molecule has 1 aliphatic heterocycles. The zero-order valence-electron chi connectivity index (χ0n) is 14.0. The van der Waals surface area contributed by atoms with Crippen molar-refractivity contribution in [1.29, 1.82) is 0 Å². The number of anilines is 1. The number of hydrazone groups is 1. The second-order valence-corrected chi connectivity index (χ2v) is 8.00. The van der Waals surface area contributed by atoms with E-state index < -0.39 is 0 Å². The van der Waals surface area contributed by atoms with Gasteiger partial charge in [-0.05, 0) is 53.6 Å². The van der Waals surface area contributed by atoms with Crippen LogP contribution in [0.15, 0.2) is 76.3 Å². The van der Waals surface area contributed by atoms with Gasteiger partial charge < -0.3 is 0 Å². The molecule has 0 bridgehead atoms. The van der Waals surface area contributed by atoms with E-state index in [4.69, 9.17) is 28.3 Å². The maximum atomic E-state index is 13.4. The van der Waals surface area contributed by atoms with Crippen LogP contribution in [0, 0.1) is 5.82 Å². The van der Waals surface area contributed by atoms with Crippen LogP contribution in [0.4, 0.5) is 10.1 Å². The summed E-state index contributed by atoms with van der Waals surface area (Å²) in [6.45, 7) is 0. The summed E-state index contributed by atoms with van der Waals surface area (Å²) in [5.74, 6) is -0.258. The molecule has 0 saturated heterocycles. The lowest BCUT2D eigenvalue weighted by atomic mass is 9.98. The molecule has 0 spiro atoms. The summed E-state index contributed by atoms with van der Waals surface area (Å²) in [7, 11) is 0. The molecule has 0 amide bonds. The molecule has 3 aromatic rings. The Morgan fingerprint density at radius 1 is 0.926 bits per heavy atom. The third kappa shape index (κ3) is 3.88. The van der Waals surface area contributed by atoms with Gasteiger partial charge in [0, 0.05) is 10.9 Å². The van der Waals surface area contributed by atoms with E-state index in [1.54, 1.807) is 24.3 Å². The maximum Gasteiger partial charge on any atom is 0.123 e. The van der Waals surface area contributed by atoms with Gasteiger partial charge in [0.2, 0.25) is 0 Å². The molecule has 0 radical (unpaired) electrons. The van der Waals surface area contributed by atoms with Gasteiger partial charge in [0.05, 0.1) is 27.5 Å². The first-order chi connectivity index (χ1) is 13.0. The number of benzene rings is 3. The van der Waals surface area contributed by atoms with Crippen LogP contribution >= 0.6 is 39.1 Å². The van der Waals surface area contributed by atoms with Gasteiger partial charge in [-0.1, -0.05) is 63.4 Å². The zero-order chi connectivity index (χ0) is 19.0. The number of hydrogen-bond donors (Lipinski definition) is 0. The third-order valence-corrected chi connectivity index (χ3v) is 5.78. The molecule has 0 aliphatic carbocycles. The van der Waals surface area contributed by atoms with Crippen molar-refractivity contribution in [2.24, 2.45) is 5.10 Å². The molecule has 3 aromatic carbocycles. The fourth-order valence-electron chi connectivity index (χ4n) is 3.14. The summed E-state index contributed by atoms with van der Waals surface area (Å²) in [6, 6.07) is 20.0. The topological polar surface area (TPSA) is 15.6 Å². The molecule has 6 heteroatoms. The summed E-state index contributed by atoms with van der Waals surface area (Å²) in [5, 5.41) is 7.74. The van der Waals surface area contributed by atoms with E-state index in [0.29, 0.717) is 16.5 Å². The number of rotatable bonds is 3. The van der Waals surface area contributed by atoms with Crippen LogP contribution in [0.2, 0.25) is 10.0 Å². The second kappa shape index (κ2) is 7.63. The number of nitrogens with zero attached hydrogens (tertiary/aromatic N) is 2. The monoisotopic (exact) mass is 462 g/mol. The lowest BCUT2D eigenvalue weighted by molar-refractivity contribution is 0.624. The summed E-state index contributed by atoms with van der Waals surface area (Å²) in [4.78, 5) is 0. The van der Waals surface area contributed by atoms with Gasteiger partial charge in [0.25, 0.3) is 0 Å². The molecule has 1 heterocycles. The molecule has 1 aliphatic rings. The molecule has 136 valence electrons. The van der Waals surface area contributed by atoms with Gasteiger partial charge in [-0.3, -0.25) is 5.01 Å². The van der Waals surface area contributed by atoms with Crippen molar-refractivity contribution in [2.75, 3.05) is 5.01 Å². The van der Waals surface area contributed by atoms with E-state index in [1.165, 1.54) is 12.1 Å². The highest BCUT2D eigenvalue weighted by molar-refractivity contribution is 9.10. The van der Waals surface area contributed by atoms with Crippen molar-refractivity contribution >= 4 is 50.5 Å². The molecule has 2 nitrogen and oxygen atoms in total. The van der Waals surface area contributed by atoms with Crippen LogP contribution in [-0.4, -0.2) is 5.71 Å². The number of hydrogen-bond acceptors (Lipinski definition) is 2. The first-order valence-corrected chi connectivity index (χ1v) is 9.89. The Morgan fingerprint density at radius 3 is 2.30 bits per heavy atom. The Balaban J connectivity index is 1.76. The quantitative estimate of drug-likeness (QED) is 0.399. The Kier molecular flexibility index (Phi) is 5.22. The lowest BCUT2D eigenvalue weighted by Gasteiger charge is -2.24. The summed E-state index contributed by atoms with van der Waals surface area (Å²) < 4.78 is 14.4. The van der Waals surface area contributed by atoms with Crippen LogP contribution in [0.1, 0.15) is 23.6 Å². The largest absolute Gasteiger partial charge is 0.257 e. The van der Waals surface area contributed by atoms with Gasteiger partial charge in [0.15, 0.2) is 0 Å². The van der Waals surface area contributed by atoms with Gasteiger partial charge in [-0.25, -0.2) is 4.39 Å². The molecule has 1 atom stereocenters. The van der Waals surface area contributed by atoms with Crippen molar-refractivity contribution in [1.82, 2.24) is 0 Å². The molecule has 0 saturated carbocycles.